The Labute approximate surface area is 142 Å². The van der Waals surface area contributed by atoms with E-state index < -0.39 is 5.97 Å². The number of fused-ring (bicyclic) bond motifs is 4. The number of H-pyrrole nitrogens is 1. The molecule has 1 unspecified atom stereocenters. The lowest BCUT2D eigenvalue weighted by atomic mass is 9.64. The number of carboxylic acid groups (broad SMARTS) is 1. The van der Waals surface area contributed by atoms with Crippen molar-refractivity contribution in [2.24, 2.45) is 11.3 Å². The van der Waals surface area contributed by atoms with E-state index in [4.69, 9.17) is 0 Å². The first kappa shape index (κ1) is 15.4. The number of hydrogen-bond acceptors (Lipinski definition) is 1. The van der Waals surface area contributed by atoms with Crippen molar-refractivity contribution in [1.29, 1.82) is 0 Å². The van der Waals surface area contributed by atoms with Crippen LogP contribution in [0.5, 0.6) is 0 Å². The Morgan fingerprint density at radius 1 is 1.38 bits per heavy atom. The van der Waals surface area contributed by atoms with Crippen LogP contribution in [-0.2, 0) is 11.2 Å². The molecule has 3 heterocycles. The number of carboxylic acids is 1. The van der Waals surface area contributed by atoms with Crippen LogP contribution in [0.25, 0.3) is 10.9 Å². The minimum Gasteiger partial charge on any atom is -0.481 e. The number of aliphatic carboxylic acids is 1. The van der Waals surface area contributed by atoms with Crippen LogP contribution in [0.3, 0.4) is 0 Å². The van der Waals surface area contributed by atoms with Gasteiger partial charge in [-0.3, -0.25) is 4.79 Å². The van der Waals surface area contributed by atoms with Gasteiger partial charge >= 0.3 is 5.97 Å². The van der Waals surface area contributed by atoms with Crippen LogP contribution in [0.15, 0.2) is 24.3 Å². The van der Waals surface area contributed by atoms with E-state index in [1.807, 2.05) is 6.92 Å². The first-order valence-corrected chi connectivity index (χ1v) is 9.03. The van der Waals surface area contributed by atoms with E-state index in [-0.39, 0.29) is 11.3 Å². The van der Waals surface area contributed by atoms with E-state index in [0.717, 1.165) is 44.3 Å². The second-order valence-electron chi connectivity index (χ2n) is 7.28. The molecule has 2 aromatic rings. The molecule has 0 amide bonds. The molecular formula is C20H25N2O2+. The zero-order chi connectivity index (χ0) is 16.9. The van der Waals surface area contributed by atoms with Crippen LogP contribution in [0.2, 0.25) is 0 Å². The summed E-state index contributed by atoms with van der Waals surface area (Å²) in [7, 11) is 0. The summed E-state index contributed by atoms with van der Waals surface area (Å²) in [5.74, 6) is -1.06. The Morgan fingerprint density at radius 2 is 2.17 bits per heavy atom. The summed E-state index contributed by atoms with van der Waals surface area (Å²) in [6.45, 7) is 6.07. The van der Waals surface area contributed by atoms with E-state index >= 15 is 0 Å². The summed E-state index contributed by atoms with van der Waals surface area (Å²) in [5.41, 5.74) is 4.70. The van der Waals surface area contributed by atoms with Gasteiger partial charge < -0.3 is 10.1 Å². The van der Waals surface area contributed by atoms with Crippen LogP contribution < -0.4 is 0 Å². The van der Waals surface area contributed by atoms with Crippen molar-refractivity contribution >= 4 is 22.6 Å². The molecular weight excluding hydrogens is 300 g/mol. The number of aromatic amines is 1. The molecule has 4 heteroatoms. The smallest absolute Gasteiger partial charge is 0.307 e. The summed E-state index contributed by atoms with van der Waals surface area (Å²) in [6.07, 6.45) is 3.92. The van der Waals surface area contributed by atoms with Gasteiger partial charge in [0.2, 0.25) is 5.71 Å². The number of hydrogen-bond donors (Lipinski definition) is 2. The maximum absolute atomic E-state index is 11.9. The summed E-state index contributed by atoms with van der Waals surface area (Å²) >= 11 is 0. The lowest BCUT2D eigenvalue weighted by molar-refractivity contribution is -0.538. The SMILES string of the molecule is CC[C@@]1(C(C)C(=O)O)CCC[N+]2=C1c1[nH]c3ccccc3c1CC2. The predicted molar refractivity (Wildman–Crippen MR) is 94.9 cm³/mol. The fourth-order valence-electron chi connectivity index (χ4n) is 4.98. The van der Waals surface area contributed by atoms with E-state index in [0.29, 0.717) is 0 Å². The van der Waals surface area contributed by atoms with Crippen LogP contribution in [-0.4, -0.2) is 39.4 Å². The Bertz CT molecular complexity index is 848. The van der Waals surface area contributed by atoms with Gasteiger partial charge in [-0.15, -0.1) is 0 Å². The largest absolute Gasteiger partial charge is 0.481 e. The normalized spacial score (nSPS) is 24.6. The molecule has 1 aromatic carbocycles. The molecule has 0 fully saturated rings. The molecule has 4 rings (SSSR count). The van der Waals surface area contributed by atoms with Gasteiger partial charge in [-0.2, -0.15) is 0 Å². The highest BCUT2D eigenvalue weighted by molar-refractivity contribution is 6.07. The molecule has 0 radical (unpaired) electrons. The third kappa shape index (κ3) is 1.98. The van der Waals surface area contributed by atoms with Gasteiger partial charge in [-0.1, -0.05) is 32.0 Å². The summed E-state index contributed by atoms with van der Waals surface area (Å²) < 4.78 is 2.45. The summed E-state index contributed by atoms with van der Waals surface area (Å²) in [6, 6.07) is 8.44. The van der Waals surface area contributed by atoms with Crippen LogP contribution in [0, 0.1) is 11.3 Å². The highest BCUT2D eigenvalue weighted by Gasteiger charge is 2.52. The molecule has 4 nitrogen and oxygen atoms in total. The highest BCUT2D eigenvalue weighted by atomic mass is 16.4. The predicted octanol–water partition coefficient (Wildman–Crippen LogP) is 3.44. The van der Waals surface area contributed by atoms with Gasteiger partial charge in [0.25, 0.3) is 0 Å². The molecule has 2 aliphatic heterocycles. The number of benzene rings is 1. The molecule has 0 saturated heterocycles. The van der Waals surface area contributed by atoms with Gasteiger partial charge in [0, 0.05) is 23.7 Å². The molecule has 2 atom stereocenters. The van der Waals surface area contributed by atoms with Gasteiger partial charge in [-0.25, -0.2) is 4.58 Å². The third-order valence-corrected chi connectivity index (χ3v) is 6.35. The second-order valence-corrected chi connectivity index (χ2v) is 7.28. The maximum atomic E-state index is 11.9. The number of nitrogens with zero attached hydrogens (tertiary/aromatic N) is 1. The van der Waals surface area contributed by atoms with E-state index in [1.54, 1.807) is 0 Å². The van der Waals surface area contributed by atoms with Crippen molar-refractivity contribution in [3.8, 4) is 0 Å². The number of rotatable bonds is 3. The number of nitrogens with one attached hydrogen (secondary N) is 1. The Hall–Kier alpha value is -2.10. The van der Waals surface area contributed by atoms with Gasteiger partial charge in [0.15, 0.2) is 0 Å². The van der Waals surface area contributed by atoms with Crippen molar-refractivity contribution in [2.45, 2.75) is 39.5 Å². The van der Waals surface area contributed by atoms with Gasteiger partial charge in [0.1, 0.15) is 18.8 Å². The minimum absolute atomic E-state index is 0.278. The number of aromatic nitrogens is 1. The van der Waals surface area contributed by atoms with Crippen molar-refractivity contribution in [1.82, 2.24) is 4.98 Å². The minimum atomic E-state index is -0.686. The quantitative estimate of drug-likeness (QED) is 0.849. The first-order chi connectivity index (χ1) is 11.6. The molecule has 126 valence electrons. The summed E-state index contributed by atoms with van der Waals surface area (Å²) in [5, 5.41) is 11.1. The van der Waals surface area contributed by atoms with Crippen LogP contribution >= 0.6 is 0 Å². The number of para-hydroxylation sites is 1. The Kier molecular flexibility index (Phi) is 3.52. The van der Waals surface area contributed by atoms with Crippen molar-refractivity contribution < 1.29 is 14.5 Å². The maximum Gasteiger partial charge on any atom is 0.307 e. The lowest BCUT2D eigenvalue weighted by Crippen LogP contribution is -2.51. The molecule has 0 saturated carbocycles. The molecule has 0 aliphatic carbocycles. The zero-order valence-corrected chi connectivity index (χ0v) is 14.4. The van der Waals surface area contributed by atoms with E-state index in [1.165, 1.54) is 22.4 Å². The molecule has 2 N–H and O–H groups in total. The fourth-order valence-corrected chi connectivity index (χ4v) is 4.98. The topological polar surface area (TPSA) is 56.1 Å². The third-order valence-electron chi connectivity index (χ3n) is 6.35. The Morgan fingerprint density at radius 3 is 2.92 bits per heavy atom. The van der Waals surface area contributed by atoms with E-state index in [9.17, 15) is 9.90 Å². The lowest BCUT2D eigenvalue weighted by Gasteiger charge is -2.39. The zero-order valence-electron chi connectivity index (χ0n) is 14.4. The van der Waals surface area contributed by atoms with Crippen LogP contribution in [0.4, 0.5) is 0 Å². The average Bonchev–Trinajstić information content (AvgIpc) is 2.99. The van der Waals surface area contributed by atoms with Crippen molar-refractivity contribution in [3.05, 3.63) is 35.5 Å². The van der Waals surface area contributed by atoms with Gasteiger partial charge in [-0.05, 0) is 24.5 Å². The van der Waals surface area contributed by atoms with Crippen LogP contribution in [0.1, 0.15) is 44.4 Å². The second kappa shape index (κ2) is 5.47. The van der Waals surface area contributed by atoms with Crippen molar-refractivity contribution in [2.75, 3.05) is 13.1 Å². The molecule has 1 aromatic heterocycles. The standard InChI is InChI=1S/C20H24N2O2/c1-3-20(13(2)19(23)24)10-6-11-22-12-9-15-14-7-4-5-8-16(14)21-17(15)18(20)22/h4-5,7-8,13H,3,6,9-12H2,1-2H3,(H,23,24)/p+1/t13?,20-/m0/s1. The fraction of sp³-hybridized carbons (Fsp3) is 0.500. The molecule has 24 heavy (non-hydrogen) atoms. The molecule has 2 aliphatic rings. The number of carbonyl (C=O) groups is 1. The average molecular weight is 325 g/mol. The van der Waals surface area contributed by atoms with Crippen molar-refractivity contribution in [3.63, 3.8) is 0 Å². The molecule has 0 spiro atoms. The first-order valence-electron chi connectivity index (χ1n) is 9.03. The highest BCUT2D eigenvalue weighted by Crippen LogP contribution is 2.45. The van der Waals surface area contributed by atoms with E-state index in [2.05, 4.69) is 40.7 Å². The summed E-state index contributed by atoms with van der Waals surface area (Å²) in [4.78, 5) is 15.5. The van der Waals surface area contributed by atoms with Gasteiger partial charge in [0.05, 0.1) is 11.3 Å². The monoisotopic (exact) mass is 325 g/mol. The molecule has 0 bridgehead atoms. The Balaban J connectivity index is 1.98.